The van der Waals surface area contributed by atoms with Crippen LogP contribution in [0.15, 0.2) is 29.2 Å². The van der Waals surface area contributed by atoms with Gasteiger partial charge < -0.3 is 4.74 Å². The number of sulfonamides is 1. The Bertz CT molecular complexity index is 570. The molecule has 5 heteroatoms. The van der Waals surface area contributed by atoms with Gasteiger partial charge in [0.05, 0.1) is 11.0 Å². The van der Waals surface area contributed by atoms with Crippen LogP contribution in [-0.2, 0) is 14.8 Å². The average Bonchev–Trinajstić information content (AvgIpc) is 3.08. The van der Waals surface area contributed by atoms with Gasteiger partial charge in [-0.3, -0.25) is 0 Å². The highest BCUT2D eigenvalue weighted by Gasteiger charge is 2.21. The van der Waals surface area contributed by atoms with Gasteiger partial charge >= 0.3 is 0 Å². The van der Waals surface area contributed by atoms with E-state index in [-0.39, 0.29) is 6.10 Å². The fourth-order valence-corrected chi connectivity index (χ4v) is 4.51. The van der Waals surface area contributed by atoms with Crippen LogP contribution in [-0.4, -0.2) is 27.7 Å². The number of rotatable bonds is 5. The molecular weight excluding hydrogens is 298 g/mol. The summed E-state index contributed by atoms with van der Waals surface area (Å²) in [6, 6.07) is 7.44. The summed E-state index contributed by atoms with van der Waals surface area (Å²) in [5.74, 6) is 0.602. The fourth-order valence-electron chi connectivity index (χ4n) is 3.45. The van der Waals surface area contributed by atoms with Gasteiger partial charge in [-0.05, 0) is 49.3 Å². The van der Waals surface area contributed by atoms with Crippen LogP contribution in [0.2, 0.25) is 0 Å². The summed E-state index contributed by atoms with van der Waals surface area (Å²) in [7, 11) is -3.43. The maximum atomic E-state index is 12.3. The number of hydrogen-bond acceptors (Lipinski definition) is 3. The van der Waals surface area contributed by atoms with Crippen molar-refractivity contribution in [2.45, 2.75) is 61.9 Å². The standard InChI is InChI=1S/C17H25NO3S/c19-22(20,18-13-16-7-4-12-21-16)17-10-8-15(9-11-17)14-5-2-1-3-6-14/h8-11,14,16,18H,1-7,12-13H2. The average molecular weight is 323 g/mol. The van der Waals surface area contributed by atoms with Crippen LogP contribution in [0.5, 0.6) is 0 Å². The molecule has 1 unspecified atom stereocenters. The van der Waals surface area contributed by atoms with Gasteiger partial charge in [0.1, 0.15) is 0 Å². The number of nitrogens with one attached hydrogen (secondary N) is 1. The van der Waals surface area contributed by atoms with Gasteiger partial charge in [-0.25, -0.2) is 13.1 Å². The van der Waals surface area contributed by atoms with Gasteiger partial charge in [-0.15, -0.1) is 0 Å². The summed E-state index contributed by atoms with van der Waals surface area (Å²) in [6.07, 6.45) is 8.33. The van der Waals surface area contributed by atoms with Crippen molar-refractivity contribution in [3.8, 4) is 0 Å². The number of ether oxygens (including phenoxy) is 1. The van der Waals surface area contributed by atoms with Crippen LogP contribution in [0.1, 0.15) is 56.4 Å². The second-order valence-electron chi connectivity index (χ2n) is 6.39. The van der Waals surface area contributed by atoms with Crippen LogP contribution in [0, 0.1) is 0 Å². The van der Waals surface area contributed by atoms with Crippen LogP contribution in [0.3, 0.4) is 0 Å². The van der Waals surface area contributed by atoms with Crippen LogP contribution in [0.4, 0.5) is 0 Å². The van der Waals surface area contributed by atoms with E-state index in [0.29, 0.717) is 17.4 Å². The van der Waals surface area contributed by atoms with Crippen molar-refractivity contribution in [3.05, 3.63) is 29.8 Å². The second kappa shape index (κ2) is 7.11. The molecule has 122 valence electrons. The Kier molecular flexibility index (Phi) is 5.16. The molecule has 1 aliphatic carbocycles. The molecule has 0 radical (unpaired) electrons. The third-order valence-corrected chi connectivity index (χ3v) is 6.23. The molecule has 0 aromatic heterocycles. The predicted molar refractivity (Wildman–Crippen MR) is 86.4 cm³/mol. The lowest BCUT2D eigenvalue weighted by Gasteiger charge is -2.22. The van der Waals surface area contributed by atoms with Crippen molar-refractivity contribution in [2.24, 2.45) is 0 Å². The Balaban J connectivity index is 1.62. The van der Waals surface area contributed by atoms with E-state index in [1.807, 2.05) is 12.1 Å². The topological polar surface area (TPSA) is 55.4 Å². The zero-order valence-corrected chi connectivity index (χ0v) is 13.8. The Labute approximate surface area is 133 Å². The van der Waals surface area contributed by atoms with Gasteiger partial charge in [0.15, 0.2) is 0 Å². The minimum absolute atomic E-state index is 0.0243. The third-order valence-electron chi connectivity index (χ3n) is 4.79. The van der Waals surface area contributed by atoms with Gasteiger partial charge in [-0.1, -0.05) is 31.4 Å². The predicted octanol–water partition coefficient (Wildman–Crippen LogP) is 3.19. The molecule has 1 heterocycles. The monoisotopic (exact) mass is 323 g/mol. The number of benzene rings is 1. The highest BCUT2D eigenvalue weighted by Crippen LogP contribution is 2.32. The van der Waals surface area contributed by atoms with E-state index in [0.717, 1.165) is 19.4 Å². The van der Waals surface area contributed by atoms with Crippen LogP contribution >= 0.6 is 0 Å². The lowest BCUT2D eigenvalue weighted by atomic mass is 9.84. The molecular formula is C17H25NO3S. The molecule has 1 saturated heterocycles. The molecule has 0 bridgehead atoms. The smallest absolute Gasteiger partial charge is 0.240 e. The zero-order chi connectivity index (χ0) is 15.4. The first-order valence-electron chi connectivity index (χ1n) is 8.36. The van der Waals surface area contributed by atoms with E-state index >= 15 is 0 Å². The van der Waals surface area contributed by atoms with Gasteiger partial charge in [0, 0.05) is 13.2 Å². The van der Waals surface area contributed by atoms with Crippen LogP contribution in [0.25, 0.3) is 0 Å². The lowest BCUT2D eigenvalue weighted by molar-refractivity contribution is 0.114. The summed E-state index contributed by atoms with van der Waals surface area (Å²) in [4.78, 5) is 0.352. The molecule has 1 N–H and O–H groups in total. The summed E-state index contributed by atoms with van der Waals surface area (Å²) in [5, 5.41) is 0. The second-order valence-corrected chi connectivity index (χ2v) is 8.16. The summed E-state index contributed by atoms with van der Waals surface area (Å²) < 4.78 is 32.7. The quantitative estimate of drug-likeness (QED) is 0.905. The zero-order valence-electron chi connectivity index (χ0n) is 13.0. The molecule has 1 aliphatic heterocycles. The fraction of sp³-hybridized carbons (Fsp3) is 0.647. The van der Waals surface area contributed by atoms with Gasteiger partial charge in [0.2, 0.25) is 10.0 Å². The minimum atomic E-state index is -3.43. The van der Waals surface area contributed by atoms with Crippen molar-refractivity contribution in [1.82, 2.24) is 4.72 Å². The van der Waals surface area contributed by atoms with Crippen molar-refractivity contribution in [2.75, 3.05) is 13.2 Å². The molecule has 2 aliphatic rings. The van der Waals surface area contributed by atoms with Crippen molar-refractivity contribution < 1.29 is 13.2 Å². The SMILES string of the molecule is O=S(=O)(NCC1CCCO1)c1ccc(C2CCCCC2)cc1. The molecule has 1 saturated carbocycles. The largest absolute Gasteiger partial charge is 0.377 e. The maximum absolute atomic E-state index is 12.3. The molecule has 1 aromatic rings. The Hall–Kier alpha value is -0.910. The van der Waals surface area contributed by atoms with Crippen molar-refractivity contribution in [3.63, 3.8) is 0 Å². The summed E-state index contributed by atoms with van der Waals surface area (Å²) >= 11 is 0. The minimum Gasteiger partial charge on any atom is -0.377 e. The van der Waals surface area contributed by atoms with Crippen molar-refractivity contribution in [1.29, 1.82) is 0 Å². The highest BCUT2D eigenvalue weighted by atomic mass is 32.2. The molecule has 3 rings (SSSR count). The Morgan fingerprint density at radius 2 is 1.73 bits per heavy atom. The highest BCUT2D eigenvalue weighted by molar-refractivity contribution is 7.89. The molecule has 0 spiro atoms. The van der Waals surface area contributed by atoms with Gasteiger partial charge in [-0.2, -0.15) is 0 Å². The van der Waals surface area contributed by atoms with E-state index in [1.165, 1.54) is 37.7 Å². The Morgan fingerprint density at radius 1 is 1.00 bits per heavy atom. The summed E-state index contributed by atoms with van der Waals surface area (Å²) in [6.45, 7) is 1.11. The lowest BCUT2D eigenvalue weighted by Crippen LogP contribution is -2.31. The van der Waals surface area contributed by atoms with E-state index < -0.39 is 10.0 Å². The molecule has 1 atom stereocenters. The van der Waals surface area contributed by atoms with Crippen LogP contribution < -0.4 is 4.72 Å². The molecule has 22 heavy (non-hydrogen) atoms. The van der Waals surface area contributed by atoms with Crippen molar-refractivity contribution >= 4 is 10.0 Å². The molecule has 1 aromatic carbocycles. The molecule has 4 nitrogen and oxygen atoms in total. The normalized spacial score (nSPS) is 23.7. The van der Waals surface area contributed by atoms with Gasteiger partial charge in [0.25, 0.3) is 0 Å². The molecule has 2 fully saturated rings. The van der Waals surface area contributed by atoms with E-state index in [4.69, 9.17) is 4.74 Å². The third kappa shape index (κ3) is 3.89. The van der Waals surface area contributed by atoms with E-state index in [2.05, 4.69) is 4.72 Å². The number of hydrogen-bond donors (Lipinski definition) is 1. The first-order valence-corrected chi connectivity index (χ1v) is 9.85. The van der Waals surface area contributed by atoms with E-state index in [9.17, 15) is 8.42 Å². The first kappa shape index (κ1) is 16.0. The van der Waals surface area contributed by atoms with E-state index in [1.54, 1.807) is 12.1 Å². The maximum Gasteiger partial charge on any atom is 0.240 e. The molecule has 0 amide bonds. The summed E-state index contributed by atoms with van der Waals surface area (Å²) in [5.41, 5.74) is 1.28. The Morgan fingerprint density at radius 3 is 2.36 bits per heavy atom. The first-order chi connectivity index (χ1) is 10.6.